The number of nitrogens with two attached hydrogens (primary N) is 1. The van der Waals surface area contributed by atoms with E-state index < -0.39 is 5.91 Å². The topological polar surface area (TPSA) is 73.4 Å². The zero-order valence-electron chi connectivity index (χ0n) is 15.4. The Balaban J connectivity index is 1.27. The first-order valence-corrected chi connectivity index (χ1v) is 9.88. The molecule has 6 nitrogen and oxygen atoms in total. The second-order valence-corrected chi connectivity index (χ2v) is 8.02. The standard InChI is InChI=1S/C20H25ClN4O2/c21-16-5-3-15(4-6-16)2-1-9-24-10-7-20(8-11-24)14-25-17(13-27-20)12-18(23-25)19(22)26/h3-6,12H,1-2,7-11,13-14H2,(H2,22,26). The van der Waals surface area contributed by atoms with E-state index in [0.29, 0.717) is 18.8 Å². The van der Waals surface area contributed by atoms with Crippen LogP contribution in [0.25, 0.3) is 0 Å². The molecule has 0 aliphatic carbocycles. The molecule has 1 saturated heterocycles. The molecule has 1 aromatic carbocycles. The van der Waals surface area contributed by atoms with Gasteiger partial charge in [-0.1, -0.05) is 23.7 Å². The number of rotatable bonds is 5. The summed E-state index contributed by atoms with van der Waals surface area (Å²) in [4.78, 5) is 13.9. The van der Waals surface area contributed by atoms with Crippen molar-refractivity contribution >= 4 is 17.5 Å². The number of hydrogen-bond donors (Lipinski definition) is 1. The monoisotopic (exact) mass is 388 g/mol. The van der Waals surface area contributed by atoms with E-state index in [1.165, 1.54) is 5.56 Å². The Morgan fingerprint density at radius 2 is 2.00 bits per heavy atom. The molecule has 0 radical (unpaired) electrons. The minimum atomic E-state index is -0.485. The maximum absolute atomic E-state index is 11.3. The van der Waals surface area contributed by atoms with E-state index in [9.17, 15) is 4.79 Å². The molecule has 2 aliphatic rings. The van der Waals surface area contributed by atoms with Crippen molar-refractivity contribution in [2.24, 2.45) is 5.73 Å². The van der Waals surface area contributed by atoms with Gasteiger partial charge in [-0.25, -0.2) is 0 Å². The van der Waals surface area contributed by atoms with Crippen molar-refractivity contribution in [3.8, 4) is 0 Å². The van der Waals surface area contributed by atoms with E-state index in [2.05, 4.69) is 22.1 Å². The van der Waals surface area contributed by atoms with Crippen LogP contribution in [0.15, 0.2) is 30.3 Å². The number of piperidine rings is 1. The number of aryl methyl sites for hydroxylation is 1. The highest BCUT2D eigenvalue weighted by molar-refractivity contribution is 6.30. The van der Waals surface area contributed by atoms with E-state index in [-0.39, 0.29) is 5.60 Å². The molecular formula is C20H25ClN4O2. The fourth-order valence-electron chi connectivity index (χ4n) is 4.02. The zero-order chi connectivity index (χ0) is 18.9. The van der Waals surface area contributed by atoms with Crippen molar-refractivity contribution in [2.45, 2.75) is 44.4 Å². The molecule has 1 aromatic heterocycles. The number of primary amides is 1. The summed E-state index contributed by atoms with van der Waals surface area (Å²) in [6, 6.07) is 9.85. The van der Waals surface area contributed by atoms with Crippen molar-refractivity contribution in [3.63, 3.8) is 0 Å². The SMILES string of the molecule is NC(=O)c1cc2n(n1)CC1(CCN(CCCc3ccc(Cl)cc3)CC1)OC2. The third-order valence-corrected chi connectivity index (χ3v) is 5.95. The summed E-state index contributed by atoms with van der Waals surface area (Å²) in [5.41, 5.74) is 7.76. The lowest BCUT2D eigenvalue weighted by Crippen LogP contribution is -2.50. The summed E-state index contributed by atoms with van der Waals surface area (Å²) in [6.07, 6.45) is 4.18. The average Bonchev–Trinajstić information content (AvgIpc) is 3.08. The highest BCUT2D eigenvalue weighted by Gasteiger charge is 2.39. The van der Waals surface area contributed by atoms with Gasteiger partial charge in [0.15, 0.2) is 0 Å². The number of hydrogen-bond acceptors (Lipinski definition) is 4. The maximum atomic E-state index is 11.3. The summed E-state index contributed by atoms with van der Waals surface area (Å²) < 4.78 is 8.11. The van der Waals surface area contributed by atoms with Gasteiger partial charge in [0, 0.05) is 18.1 Å². The second-order valence-electron chi connectivity index (χ2n) is 7.59. The highest BCUT2D eigenvalue weighted by Crippen LogP contribution is 2.33. The number of carbonyl (C=O) groups excluding carboxylic acids is 1. The first kappa shape index (κ1) is 18.5. The number of aromatic nitrogens is 2. The van der Waals surface area contributed by atoms with Crippen LogP contribution in [0.3, 0.4) is 0 Å². The lowest BCUT2D eigenvalue weighted by Gasteiger charge is -2.43. The van der Waals surface area contributed by atoms with Crippen molar-refractivity contribution in [2.75, 3.05) is 19.6 Å². The van der Waals surface area contributed by atoms with E-state index in [1.54, 1.807) is 6.07 Å². The van der Waals surface area contributed by atoms with Crippen LogP contribution in [0.1, 0.15) is 41.0 Å². The molecule has 2 N–H and O–H groups in total. The third kappa shape index (κ3) is 4.18. The number of benzene rings is 1. The lowest BCUT2D eigenvalue weighted by molar-refractivity contribution is -0.123. The van der Waals surface area contributed by atoms with Gasteiger partial charge in [-0.3, -0.25) is 9.48 Å². The first-order chi connectivity index (χ1) is 13.0. The van der Waals surface area contributed by atoms with E-state index in [1.807, 2.05) is 16.8 Å². The van der Waals surface area contributed by atoms with Crippen molar-refractivity contribution in [1.29, 1.82) is 0 Å². The molecule has 2 aliphatic heterocycles. The fraction of sp³-hybridized carbons (Fsp3) is 0.500. The van der Waals surface area contributed by atoms with Crippen LogP contribution in [-0.4, -0.2) is 45.8 Å². The molecule has 3 heterocycles. The second kappa shape index (κ2) is 7.62. The minimum absolute atomic E-state index is 0.166. The number of amides is 1. The van der Waals surface area contributed by atoms with Gasteiger partial charge in [0.1, 0.15) is 5.69 Å². The summed E-state index contributed by atoms with van der Waals surface area (Å²) >= 11 is 5.94. The molecule has 0 atom stereocenters. The molecule has 27 heavy (non-hydrogen) atoms. The molecule has 144 valence electrons. The Labute approximate surface area is 164 Å². The van der Waals surface area contributed by atoms with Crippen molar-refractivity contribution in [3.05, 3.63) is 52.3 Å². The van der Waals surface area contributed by atoms with E-state index >= 15 is 0 Å². The largest absolute Gasteiger partial charge is 0.367 e. The Kier molecular flexibility index (Phi) is 5.21. The van der Waals surface area contributed by atoms with Crippen LogP contribution in [0.2, 0.25) is 5.02 Å². The van der Waals surface area contributed by atoms with Crippen LogP contribution >= 0.6 is 11.6 Å². The Hall–Kier alpha value is -1.89. The Bertz CT molecular complexity index is 810. The number of likely N-dealkylation sites (tertiary alicyclic amines) is 1. The first-order valence-electron chi connectivity index (χ1n) is 9.50. The number of nitrogens with zero attached hydrogens (tertiary/aromatic N) is 3. The number of fused-ring (bicyclic) bond motifs is 1. The Morgan fingerprint density at radius 3 is 2.70 bits per heavy atom. The predicted molar refractivity (Wildman–Crippen MR) is 104 cm³/mol. The molecule has 1 spiro atoms. The fourth-order valence-corrected chi connectivity index (χ4v) is 4.15. The highest BCUT2D eigenvalue weighted by atomic mass is 35.5. The van der Waals surface area contributed by atoms with Gasteiger partial charge in [-0.05, 0) is 56.0 Å². The number of carbonyl (C=O) groups is 1. The molecule has 0 saturated carbocycles. The van der Waals surface area contributed by atoms with Gasteiger partial charge < -0.3 is 15.4 Å². The smallest absolute Gasteiger partial charge is 0.269 e. The molecule has 7 heteroatoms. The van der Waals surface area contributed by atoms with Gasteiger partial charge in [-0.15, -0.1) is 0 Å². The summed E-state index contributed by atoms with van der Waals surface area (Å²) in [5.74, 6) is -0.485. The Morgan fingerprint density at radius 1 is 1.26 bits per heavy atom. The third-order valence-electron chi connectivity index (χ3n) is 5.70. The maximum Gasteiger partial charge on any atom is 0.269 e. The summed E-state index contributed by atoms with van der Waals surface area (Å²) in [5, 5.41) is 5.14. The molecule has 1 fully saturated rings. The number of halogens is 1. The quantitative estimate of drug-likeness (QED) is 0.854. The predicted octanol–water partition coefficient (Wildman–Crippen LogP) is 2.63. The molecule has 1 amide bonds. The van der Waals surface area contributed by atoms with Gasteiger partial charge in [0.05, 0.1) is 24.4 Å². The molecule has 2 aromatic rings. The van der Waals surface area contributed by atoms with Crippen LogP contribution in [0.5, 0.6) is 0 Å². The van der Waals surface area contributed by atoms with Crippen LogP contribution < -0.4 is 5.73 Å². The van der Waals surface area contributed by atoms with Gasteiger partial charge >= 0.3 is 0 Å². The number of ether oxygens (including phenoxy) is 1. The van der Waals surface area contributed by atoms with Crippen LogP contribution in [-0.2, 0) is 24.3 Å². The molecule has 0 bridgehead atoms. The van der Waals surface area contributed by atoms with Gasteiger partial charge in [0.25, 0.3) is 5.91 Å². The zero-order valence-corrected chi connectivity index (χ0v) is 16.1. The summed E-state index contributed by atoms with van der Waals surface area (Å²) in [6.45, 7) is 4.35. The minimum Gasteiger partial charge on any atom is -0.367 e. The van der Waals surface area contributed by atoms with Gasteiger partial charge in [-0.2, -0.15) is 5.10 Å². The van der Waals surface area contributed by atoms with Crippen LogP contribution in [0.4, 0.5) is 0 Å². The molecule has 4 rings (SSSR count). The van der Waals surface area contributed by atoms with Crippen LogP contribution in [0, 0.1) is 0 Å². The average molecular weight is 389 g/mol. The van der Waals surface area contributed by atoms with Gasteiger partial charge in [0.2, 0.25) is 0 Å². The van der Waals surface area contributed by atoms with E-state index in [4.69, 9.17) is 22.1 Å². The molecular weight excluding hydrogens is 364 g/mol. The lowest BCUT2D eigenvalue weighted by atomic mass is 9.90. The van der Waals surface area contributed by atoms with Crippen molar-refractivity contribution in [1.82, 2.24) is 14.7 Å². The van der Waals surface area contributed by atoms with Crippen molar-refractivity contribution < 1.29 is 9.53 Å². The molecule has 0 unspecified atom stereocenters. The normalized spacial score (nSPS) is 19.1. The van der Waals surface area contributed by atoms with E-state index in [0.717, 1.165) is 56.0 Å². The summed E-state index contributed by atoms with van der Waals surface area (Å²) in [7, 11) is 0.